The van der Waals surface area contributed by atoms with Gasteiger partial charge in [-0.1, -0.05) is 6.07 Å². The second-order valence-electron chi connectivity index (χ2n) is 7.82. The van der Waals surface area contributed by atoms with E-state index in [1.165, 1.54) is 22.7 Å². The fourth-order valence-corrected chi connectivity index (χ4v) is 3.62. The van der Waals surface area contributed by atoms with Gasteiger partial charge >= 0.3 is 0 Å². The maximum atomic E-state index is 15.2. The number of anilines is 1. The molecule has 10 heteroatoms. The summed E-state index contributed by atoms with van der Waals surface area (Å²) in [6.45, 7) is 4.71. The number of hydrogen-bond donors (Lipinski definition) is 1. The minimum atomic E-state index is -2.80. The lowest BCUT2D eigenvalue weighted by Crippen LogP contribution is -2.17. The molecule has 1 saturated heterocycles. The Morgan fingerprint density at radius 2 is 2.00 bits per heavy atom. The Labute approximate surface area is 182 Å². The number of pyridine rings is 2. The van der Waals surface area contributed by atoms with Crippen molar-refractivity contribution in [2.45, 2.75) is 45.1 Å². The third kappa shape index (κ3) is 4.55. The molecular weight excluding hydrogens is 425 g/mol. The highest BCUT2D eigenvalue weighted by Crippen LogP contribution is 2.33. The number of halogens is 3. The average molecular weight is 448 g/mol. The van der Waals surface area contributed by atoms with Gasteiger partial charge in [-0.25, -0.2) is 18.7 Å². The van der Waals surface area contributed by atoms with Crippen LogP contribution in [0.5, 0.6) is 5.75 Å². The van der Waals surface area contributed by atoms with Gasteiger partial charge in [-0.05, 0) is 38.8 Å². The number of fused-ring (bicyclic) bond motifs is 1. The predicted octanol–water partition coefficient (Wildman–Crippen LogP) is 4.74. The van der Waals surface area contributed by atoms with E-state index in [0.29, 0.717) is 37.4 Å². The minimum Gasteiger partial charge on any atom is -0.489 e. The van der Waals surface area contributed by atoms with E-state index in [1.807, 2.05) is 13.8 Å². The highest BCUT2D eigenvalue weighted by Gasteiger charge is 2.25. The van der Waals surface area contributed by atoms with E-state index >= 15 is 4.39 Å². The number of ether oxygens (including phenoxy) is 2. The zero-order valence-corrected chi connectivity index (χ0v) is 17.6. The van der Waals surface area contributed by atoms with Crippen molar-refractivity contribution in [3.63, 3.8) is 0 Å². The molecule has 0 aromatic carbocycles. The number of alkyl halides is 2. The Kier molecular flexibility index (Phi) is 6.31. The largest absolute Gasteiger partial charge is 0.489 e. The van der Waals surface area contributed by atoms with Gasteiger partial charge in [-0.2, -0.15) is 4.39 Å². The number of hydrogen-bond acceptors (Lipinski definition) is 5. The van der Waals surface area contributed by atoms with E-state index < -0.39 is 24.0 Å². The number of amides is 1. The number of imidazole rings is 1. The second-order valence-corrected chi connectivity index (χ2v) is 7.82. The summed E-state index contributed by atoms with van der Waals surface area (Å²) in [4.78, 5) is 20.8. The van der Waals surface area contributed by atoms with Crippen molar-refractivity contribution in [3.05, 3.63) is 53.5 Å². The summed E-state index contributed by atoms with van der Waals surface area (Å²) in [5, 5.41) is 2.60. The van der Waals surface area contributed by atoms with Gasteiger partial charge in [-0.3, -0.25) is 9.20 Å². The highest BCUT2D eigenvalue weighted by molar-refractivity contribution is 6.03. The zero-order chi connectivity index (χ0) is 22.8. The number of carbonyl (C=O) groups is 1. The number of nitrogens with one attached hydrogen (secondary N) is 1. The fourth-order valence-electron chi connectivity index (χ4n) is 3.62. The van der Waals surface area contributed by atoms with Gasteiger partial charge in [0.2, 0.25) is 5.95 Å². The number of aromatic nitrogens is 3. The summed E-state index contributed by atoms with van der Waals surface area (Å²) >= 11 is 0. The van der Waals surface area contributed by atoms with Crippen LogP contribution in [0.4, 0.5) is 18.9 Å². The molecule has 0 unspecified atom stereocenters. The molecular formula is C22H23F3N4O3. The molecule has 0 saturated carbocycles. The van der Waals surface area contributed by atoms with E-state index in [1.54, 1.807) is 6.07 Å². The third-order valence-corrected chi connectivity index (χ3v) is 5.13. The van der Waals surface area contributed by atoms with Crippen molar-refractivity contribution in [1.29, 1.82) is 0 Å². The summed E-state index contributed by atoms with van der Waals surface area (Å²) < 4.78 is 53.5. The van der Waals surface area contributed by atoms with Crippen molar-refractivity contribution in [2.75, 3.05) is 18.5 Å². The summed E-state index contributed by atoms with van der Waals surface area (Å²) in [5.74, 6) is -1.01. The van der Waals surface area contributed by atoms with E-state index in [0.717, 1.165) is 6.07 Å². The van der Waals surface area contributed by atoms with Crippen LogP contribution in [0.3, 0.4) is 0 Å². The summed E-state index contributed by atoms with van der Waals surface area (Å²) in [6, 6.07) is 5.33. The van der Waals surface area contributed by atoms with Crippen LogP contribution in [-0.2, 0) is 4.74 Å². The monoisotopic (exact) mass is 448 g/mol. The minimum absolute atomic E-state index is 0.0579. The Morgan fingerprint density at radius 1 is 1.25 bits per heavy atom. The van der Waals surface area contributed by atoms with E-state index in [2.05, 4.69) is 15.3 Å². The number of nitrogens with zero attached hydrogens (tertiary/aromatic N) is 3. The van der Waals surface area contributed by atoms with Crippen molar-refractivity contribution in [3.8, 4) is 5.75 Å². The standard InChI is InChI=1S/C22H23F3N4O3/c1-12(2)32-17-10-18-28-19(13-6-8-31-9-7-13)21(25)29(18)11-16(17)27-22(30)15-5-3-4-14(26-15)20(23)24/h3-5,10-13,20H,6-9H2,1-2H3,(H,27,30). The SMILES string of the molecule is CC(C)Oc1cc2nc(C3CCOCC3)c(F)n2cc1NC(=O)c1cccc(C(F)F)n1. The molecule has 1 fully saturated rings. The molecule has 3 aromatic rings. The molecule has 0 aliphatic carbocycles. The van der Waals surface area contributed by atoms with Gasteiger partial charge < -0.3 is 14.8 Å². The van der Waals surface area contributed by atoms with Gasteiger partial charge in [0, 0.05) is 31.4 Å². The van der Waals surface area contributed by atoms with Crippen LogP contribution in [-0.4, -0.2) is 39.6 Å². The molecule has 0 bridgehead atoms. The van der Waals surface area contributed by atoms with Crippen molar-refractivity contribution in [2.24, 2.45) is 0 Å². The molecule has 0 atom stereocenters. The van der Waals surface area contributed by atoms with Gasteiger partial charge in [0.15, 0.2) is 0 Å². The van der Waals surface area contributed by atoms with Crippen LogP contribution in [0.2, 0.25) is 0 Å². The molecule has 4 heterocycles. The van der Waals surface area contributed by atoms with Crippen LogP contribution in [0.25, 0.3) is 5.65 Å². The van der Waals surface area contributed by atoms with Gasteiger partial charge in [0.25, 0.3) is 12.3 Å². The lowest BCUT2D eigenvalue weighted by molar-refractivity contribution is 0.0837. The highest BCUT2D eigenvalue weighted by atomic mass is 19.3. The number of carbonyl (C=O) groups excluding carboxylic acids is 1. The first-order valence-electron chi connectivity index (χ1n) is 10.4. The number of rotatable bonds is 6. The van der Waals surface area contributed by atoms with E-state index in [9.17, 15) is 13.6 Å². The summed E-state index contributed by atoms with van der Waals surface area (Å²) in [7, 11) is 0. The first kappa shape index (κ1) is 22.1. The van der Waals surface area contributed by atoms with Crippen LogP contribution >= 0.6 is 0 Å². The molecule has 7 nitrogen and oxygen atoms in total. The quantitative estimate of drug-likeness (QED) is 0.590. The second kappa shape index (κ2) is 9.15. The Morgan fingerprint density at radius 3 is 2.69 bits per heavy atom. The topological polar surface area (TPSA) is 77.8 Å². The zero-order valence-electron chi connectivity index (χ0n) is 17.6. The molecule has 1 N–H and O–H groups in total. The molecule has 0 radical (unpaired) electrons. The molecule has 170 valence electrons. The Bertz CT molecular complexity index is 1130. The van der Waals surface area contributed by atoms with Crippen LogP contribution in [0.15, 0.2) is 30.5 Å². The molecule has 4 rings (SSSR count). The van der Waals surface area contributed by atoms with E-state index in [-0.39, 0.29) is 29.2 Å². The summed E-state index contributed by atoms with van der Waals surface area (Å²) in [6.07, 6.45) is -0.309. The lowest BCUT2D eigenvalue weighted by Gasteiger charge is -2.20. The molecule has 1 aliphatic rings. The van der Waals surface area contributed by atoms with E-state index in [4.69, 9.17) is 9.47 Å². The molecule has 32 heavy (non-hydrogen) atoms. The Balaban J connectivity index is 1.71. The van der Waals surface area contributed by atoms with Gasteiger partial charge in [0.05, 0.1) is 11.8 Å². The lowest BCUT2D eigenvalue weighted by atomic mass is 9.97. The van der Waals surface area contributed by atoms with Crippen molar-refractivity contribution < 1.29 is 27.4 Å². The Hall–Kier alpha value is -3.14. The molecule has 0 spiro atoms. The van der Waals surface area contributed by atoms with Gasteiger partial charge in [-0.15, -0.1) is 0 Å². The fraction of sp³-hybridized carbons (Fsp3) is 0.409. The van der Waals surface area contributed by atoms with Crippen LogP contribution in [0, 0.1) is 5.95 Å². The maximum Gasteiger partial charge on any atom is 0.280 e. The first-order valence-corrected chi connectivity index (χ1v) is 10.4. The normalized spacial score (nSPS) is 15.0. The third-order valence-electron chi connectivity index (χ3n) is 5.13. The van der Waals surface area contributed by atoms with Crippen LogP contribution in [0.1, 0.15) is 60.9 Å². The molecule has 1 aliphatic heterocycles. The van der Waals surface area contributed by atoms with Crippen molar-refractivity contribution in [1.82, 2.24) is 14.4 Å². The van der Waals surface area contributed by atoms with Gasteiger partial charge in [0.1, 0.15) is 28.5 Å². The first-order chi connectivity index (χ1) is 15.3. The van der Waals surface area contributed by atoms with Crippen LogP contribution < -0.4 is 10.1 Å². The summed E-state index contributed by atoms with van der Waals surface area (Å²) in [5.41, 5.74) is 0.172. The average Bonchev–Trinajstić information content (AvgIpc) is 3.09. The molecule has 3 aromatic heterocycles. The predicted molar refractivity (Wildman–Crippen MR) is 111 cm³/mol. The maximum absolute atomic E-state index is 15.2. The van der Waals surface area contributed by atoms with Crippen molar-refractivity contribution >= 4 is 17.2 Å². The smallest absolute Gasteiger partial charge is 0.280 e. The molecule has 1 amide bonds.